The van der Waals surface area contributed by atoms with Gasteiger partial charge in [0.15, 0.2) is 17.4 Å². The van der Waals surface area contributed by atoms with E-state index in [1.807, 2.05) is 30.3 Å². The molecule has 1 aromatic heterocycles. The maximum atomic E-state index is 13.4. The molecule has 0 aliphatic rings. The molecule has 7 heteroatoms. The number of hydrogen-bond donors (Lipinski definition) is 2. The maximum absolute atomic E-state index is 13.4. The molecule has 0 unspecified atom stereocenters. The van der Waals surface area contributed by atoms with E-state index in [2.05, 4.69) is 20.5 Å². The Bertz CT molecular complexity index is 865. The minimum absolute atomic E-state index is 0.0374. The molecule has 1 amide bonds. The molecule has 0 fully saturated rings. The van der Waals surface area contributed by atoms with Crippen LogP contribution in [0.3, 0.4) is 0 Å². The lowest BCUT2D eigenvalue weighted by Gasteiger charge is -2.06. The molecule has 6 nitrogen and oxygen atoms in total. The van der Waals surface area contributed by atoms with Crippen LogP contribution in [0.25, 0.3) is 11.4 Å². The van der Waals surface area contributed by atoms with Gasteiger partial charge in [-0.25, -0.2) is 9.37 Å². The highest BCUT2D eigenvalue weighted by Crippen LogP contribution is 2.18. The smallest absolute Gasteiger partial charge is 0.251 e. The van der Waals surface area contributed by atoms with Gasteiger partial charge in [0.25, 0.3) is 5.91 Å². The van der Waals surface area contributed by atoms with Crippen molar-refractivity contribution in [3.05, 3.63) is 65.7 Å². The van der Waals surface area contributed by atoms with Crippen LogP contribution < -0.4 is 10.1 Å². The Kier molecular flexibility index (Phi) is 5.03. The lowest BCUT2D eigenvalue weighted by atomic mass is 10.2. The van der Waals surface area contributed by atoms with Crippen LogP contribution in [-0.2, 0) is 6.42 Å². The first kappa shape index (κ1) is 16.6. The number of nitrogens with zero attached hydrogens (tertiary/aromatic N) is 2. The predicted octanol–water partition coefficient (Wildman–Crippen LogP) is 2.59. The van der Waals surface area contributed by atoms with Crippen molar-refractivity contribution in [1.29, 1.82) is 0 Å². The van der Waals surface area contributed by atoms with E-state index in [9.17, 15) is 9.18 Å². The third-order valence-electron chi connectivity index (χ3n) is 3.62. The molecule has 0 radical (unpaired) electrons. The second-order valence-electron chi connectivity index (χ2n) is 5.33. The van der Waals surface area contributed by atoms with Gasteiger partial charge in [0.1, 0.15) is 5.82 Å². The Morgan fingerprint density at radius 1 is 1.24 bits per heavy atom. The molecule has 0 atom stereocenters. The van der Waals surface area contributed by atoms with Gasteiger partial charge in [-0.2, -0.15) is 5.10 Å². The van der Waals surface area contributed by atoms with Crippen LogP contribution in [0.4, 0.5) is 4.39 Å². The first-order valence-corrected chi connectivity index (χ1v) is 7.76. The Labute approximate surface area is 144 Å². The van der Waals surface area contributed by atoms with E-state index < -0.39 is 5.82 Å². The zero-order chi connectivity index (χ0) is 17.6. The summed E-state index contributed by atoms with van der Waals surface area (Å²) in [5, 5.41) is 9.79. The normalized spacial score (nSPS) is 10.5. The highest BCUT2D eigenvalue weighted by atomic mass is 19.1. The van der Waals surface area contributed by atoms with E-state index >= 15 is 0 Å². The number of aromatic amines is 1. The molecular weight excluding hydrogens is 323 g/mol. The Hall–Kier alpha value is -3.22. The summed E-state index contributed by atoms with van der Waals surface area (Å²) in [5.74, 6) is 0.520. The number of halogens is 1. The van der Waals surface area contributed by atoms with Crippen molar-refractivity contribution >= 4 is 5.91 Å². The van der Waals surface area contributed by atoms with E-state index in [4.69, 9.17) is 4.74 Å². The zero-order valence-corrected chi connectivity index (χ0v) is 13.6. The van der Waals surface area contributed by atoms with Gasteiger partial charge in [-0.3, -0.25) is 9.89 Å². The van der Waals surface area contributed by atoms with Crippen molar-refractivity contribution in [2.45, 2.75) is 6.42 Å². The third kappa shape index (κ3) is 4.00. The Morgan fingerprint density at radius 3 is 2.80 bits per heavy atom. The second-order valence-corrected chi connectivity index (χ2v) is 5.33. The molecule has 3 aromatic rings. The number of carbonyl (C=O) groups excluding carboxylic acids is 1. The minimum Gasteiger partial charge on any atom is -0.494 e. The van der Waals surface area contributed by atoms with Gasteiger partial charge in [0.2, 0.25) is 0 Å². The van der Waals surface area contributed by atoms with Gasteiger partial charge < -0.3 is 10.1 Å². The SMILES string of the molecule is COc1cc(C(=O)NCCc2nc(-c3ccccc3)n[nH]2)ccc1F. The third-order valence-corrected chi connectivity index (χ3v) is 3.62. The molecule has 2 N–H and O–H groups in total. The van der Waals surface area contributed by atoms with Crippen molar-refractivity contribution in [3.63, 3.8) is 0 Å². The quantitative estimate of drug-likeness (QED) is 0.723. The van der Waals surface area contributed by atoms with Gasteiger partial charge in [-0.05, 0) is 18.2 Å². The summed E-state index contributed by atoms with van der Waals surface area (Å²) in [6, 6.07) is 13.6. The summed E-state index contributed by atoms with van der Waals surface area (Å²) in [6.45, 7) is 0.377. The van der Waals surface area contributed by atoms with Crippen LogP contribution in [-0.4, -0.2) is 34.7 Å². The van der Waals surface area contributed by atoms with Crippen LogP contribution in [0.2, 0.25) is 0 Å². The first-order valence-electron chi connectivity index (χ1n) is 7.76. The topological polar surface area (TPSA) is 79.9 Å². The van der Waals surface area contributed by atoms with Crippen molar-refractivity contribution in [1.82, 2.24) is 20.5 Å². The summed E-state index contributed by atoms with van der Waals surface area (Å²) in [7, 11) is 1.36. The second kappa shape index (κ2) is 7.57. The summed E-state index contributed by atoms with van der Waals surface area (Å²) < 4.78 is 18.2. The molecule has 3 rings (SSSR count). The van der Waals surface area contributed by atoms with Crippen molar-refractivity contribution < 1.29 is 13.9 Å². The largest absolute Gasteiger partial charge is 0.494 e. The highest BCUT2D eigenvalue weighted by Gasteiger charge is 2.10. The molecule has 0 saturated heterocycles. The molecule has 2 aromatic carbocycles. The van der Waals surface area contributed by atoms with Crippen molar-refractivity contribution in [3.8, 4) is 17.1 Å². The van der Waals surface area contributed by atoms with Crippen LogP contribution in [0.1, 0.15) is 16.2 Å². The number of amides is 1. The van der Waals surface area contributed by atoms with E-state index in [1.54, 1.807) is 0 Å². The summed E-state index contributed by atoms with van der Waals surface area (Å²) in [4.78, 5) is 16.5. The molecule has 0 aliphatic heterocycles. The average Bonchev–Trinajstić information content (AvgIpc) is 3.11. The first-order chi connectivity index (χ1) is 12.2. The van der Waals surface area contributed by atoms with Gasteiger partial charge in [0.05, 0.1) is 7.11 Å². The number of nitrogens with one attached hydrogen (secondary N) is 2. The van der Waals surface area contributed by atoms with E-state index in [0.717, 1.165) is 5.56 Å². The molecule has 0 spiro atoms. The average molecular weight is 340 g/mol. The van der Waals surface area contributed by atoms with E-state index in [-0.39, 0.29) is 11.7 Å². The molecular formula is C18H17FN4O2. The molecule has 0 bridgehead atoms. The number of aromatic nitrogens is 3. The number of hydrogen-bond acceptors (Lipinski definition) is 4. The lowest BCUT2D eigenvalue weighted by molar-refractivity contribution is 0.0953. The number of ether oxygens (including phenoxy) is 1. The van der Waals surface area contributed by atoms with Crippen molar-refractivity contribution in [2.24, 2.45) is 0 Å². The fraction of sp³-hybridized carbons (Fsp3) is 0.167. The summed E-state index contributed by atoms with van der Waals surface area (Å²) >= 11 is 0. The zero-order valence-electron chi connectivity index (χ0n) is 13.6. The summed E-state index contributed by atoms with van der Waals surface area (Å²) in [5.41, 5.74) is 1.26. The Balaban J connectivity index is 1.56. The predicted molar refractivity (Wildman–Crippen MR) is 90.8 cm³/mol. The minimum atomic E-state index is -0.505. The number of methoxy groups -OCH3 is 1. The number of rotatable bonds is 6. The number of H-pyrrole nitrogens is 1. The highest BCUT2D eigenvalue weighted by molar-refractivity contribution is 5.94. The van der Waals surface area contributed by atoms with Gasteiger partial charge in [0, 0.05) is 24.1 Å². The molecule has 25 heavy (non-hydrogen) atoms. The molecule has 1 heterocycles. The molecule has 128 valence electrons. The van der Waals surface area contributed by atoms with Crippen LogP contribution in [0.5, 0.6) is 5.75 Å². The maximum Gasteiger partial charge on any atom is 0.251 e. The van der Waals surface area contributed by atoms with Crippen molar-refractivity contribution in [2.75, 3.05) is 13.7 Å². The van der Waals surface area contributed by atoms with Gasteiger partial charge >= 0.3 is 0 Å². The number of carbonyl (C=O) groups is 1. The van der Waals surface area contributed by atoms with Crippen LogP contribution in [0.15, 0.2) is 48.5 Å². The van der Waals surface area contributed by atoms with Crippen LogP contribution >= 0.6 is 0 Å². The van der Waals surface area contributed by atoms with Crippen LogP contribution in [0, 0.1) is 5.82 Å². The lowest BCUT2D eigenvalue weighted by Crippen LogP contribution is -2.26. The number of benzene rings is 2. The van der Waals surface area contributed by atoms with E-state index in [1.165, 1.54) is 25.3 Å². The fourth-order valence-electron chi connectivity index (χ4n) is 2.32. The standard InChI is InChI=1S/C18H17FN4O2/c1-25-15-11-13(7-8-14(15)19)18(24)20-10-9-16-21-17(23-22-16)12-5-3-2-4-6-12/h2-8,11H,9-10H2,1H3,(H,20,24)(H,21,22,23). The summed E-state index contributed by atoms with van der Waals surface area (Å²) in [6.07, 6.45) is 0.504. The monoisotopic (exact) mass is 340 g/mol. The molecule has 0 saturated carbocycles. The van der Waals surface area contributed by atoms with Gasteiger partial charge in [-0.1, -0.05) is 30.3 Å². The Morgan fingerprint density at radius 2 is 2.04 bits per heavy atom. The van der Waals surface area contributed by atoms with Gasteiger partial charge in [-0.15, -0.1) is 0 Å². The fourth-order valence-corrected chi connectivity index (χ4v) is 2.32. The van der Waals surface area contributed by atoms with E-state index in [0.29, 0.717) is 30.2 Å². The molecule has 0 aliphatic carbocycles.